The molecule has 1 spiro atoms. The maximum absolute atomic E-state index is 13.3. The largest absolute Gasteiger partial charge is 0.384 e. The summed E-state index contributed by atoms with van der Waals surface area (Å²) in [5.41, 5.74) is -0.600. The van der Waals surface area contributed by atoms with E-state index in [9.17, 15) is 9.59 Å². The molecule has 2 saturated carbocycles. The number of hydrogen-bond donors (Lipinski definition) is 0. The van der Waals surface area contributed by atoms with Crippen molar-refractivity contribution in [3.05, 3.63) is 0 Å². The van der Waals surface area contributed by atoms with Crippen molar-refractivity contribution in [3.63, 3.8) is 0 Å². The van der Waals surface area contributed by atoms with Crippen LogP contribution in [0, 0.1) is 10.8 Å². The molecule has 2 aliphatic heterocycles. The zero-order valence-electron chi connectivity index (χ0n) is 15.6. The van der Waals surface area contributed by atoms with E-state index in [2.05, 4.69) is 4.90 Å². The molecule has 0 aromatic heterocycles. The smallest absolute Gasteiger partial charge is 0.231 e. The second-order valence-corrected chi connectivity index (χ2v) is 8.86. The summed E-state index contributed by atoms with van der Waals surface area (Å²) in [7, 11) is 1.68. The average Bonchev–Trinajstić information content (AvgIpc) is 3.24. The Hall–Kier alpha value is -1.10. The van der Waals surface area contributed by atoms with Gasteiger partial charge in [0, 0.05) is 32.8 Å². The first-order chi connectivity index (χ1) is 12.1. The Kier molecular flexibility index (Phi) is 4.55. The van der Waals surface area contributed by atoms with Crippen LogP contribution in [0.4, 0.5) is 0 Å². The molecule has 0 aromatic carbocycles. The second-order valence-electron chi connectivity index (χ2n) is 8.86. The van der Waals surface area contributed by atoms with E-state index < -0.39 is 0 Å². The third kappa shape index (κ3) is 2.79. The topological polar surface area (TPSA) is 49.9 Å². The van der Waals surface area contributed by atoms with E-state index in [-0.39, 0.29) is 16.7 Å². The summed E-state index contributed by atoms with van der Waals surface area (Å²) in [6, 6.07) is 0.459. The fourth-order valence-corrected chi connectivity index (χ4v) is 5.72. The molecule has 4 rings (SSSR count). The number of likely N-dealkylation sites (tertiary alicyclic amines) is 2. The van der Waals surface area contributed by atoms with E-state index in [1.54, 1.807) is 7.11 Å². The van der Waals surface area contributed by atoms with Gasteiger partial charge in [-0.25, -0.2) is 0 Å². The summed E-state index contributed by atoms with van der Waals surface area (Å²) in [6.07, 6.45) is 10.7. The zero-order chi connectivity index (χ0) is 17.5. The highest BCUT2D eigenvalue weighted by atomic mass is 16.5. The van der Waals surface area contributed by atoms with Crippen molar-refractivity contribution in [2.45, 2.75) is 70.3 Å². The molecular formula is C20H32N2O3. The average molecular weight is 348 g/mol. The van der Waals surface area contributed by atoms with Crippen LogP contribution in [0.1, 0.15) is 64.2 Å². The minimum absolute atomic E-state index is 0.239. The molecule has 4 fully saturated rings. The Labute approximate surface area is 151 Å². The van der Waals surface area contributed by atoms with E-state index in [1.165, 1.54) is 25.7 Å². The van der Waals surface area contributed by atoms with Gasteiger partial charge in [-0.05, 0) is 44.9 Å². The first-order valence-electron chi connectivity index (χ1n) is 10.2. The van der Waals surface area contributed by atoms with E-state index in [1.807, 2.05) is 4.90 Å². The first kappa shape index (κ1) is 17.3. The van der Waals surface area contributed by atoms with Crippen LogP contribution < -0.4 is 0 Å². The van der Waals surface area contributed by atoms with Gasteiger partial charge in [0.25, 0.3) is 0 Å². The summed E-state index contributed by atoms with van der Waals surface area (Å²) < 4.78 is 5.35. The van der Waals surface area contributed by atoms with Crippen LogP contribution >= 0.6 is 0 Å². The fraction of sp³-hybridized carbons (Fsp3) is 0.900. The highest BCUT2D eigenvalue weighted by Gasteiger charge is 2.54. The minimum Gasteiger partial charge on any atom is -0.384 e. The lowest BCUT2D eigenvalue weighted by Crippen LogP contribution is -2.55. The lowest BCUT2D eigenvalue weighted by molar-refractivity contribution is -0.154. The molecule has 0 N–H and O–H groups in total. The van der Waals surface area contributed by atoms with Gasteiger partial charge < -0.3 is 14.5 Å². The number of piperidine rings is 1. The van der Waals surface area contributed by atoms with E-state index in [0.29, 0.717) is 25.1 Å². The van der Waals surface area contributed by atoms with Crippen LogP contribution in [-0.4, -0.2) is 61.0 Å². The predicted octanol–water partition coefficient (Wildman–Crippen LogP) is 2.59. The summed E-state index contributed by atoms with van der Waals surface area (Å²) in [5, 5.41) is 0. The molecule has 5 nitrogen and oxygen atoms in total. The number of amides is 2. The van der Waals surface area contributed by atoms with Gasteiger partial charge in [0.2, 0.25) is 11.8 Å². The number of methoxy groups -OCH3 is 1. The SMILES string of the molecule is COCC1(C(=O)N2CCC3(CCCN(C4CCCC4)C3=O)C2)CCC1. The highest BCUT2D eigenvalue weighted by molar-refractivity contribution is 5.88. The Morgan fingerprint density at radius 3 is 2.48 bits per heavy atom. The molecule has 1 unspecified atom stereocenters. The van der Waals surface area contributed by atoms with Crippen LogP contribution in [0.3, 0.4) is 0 Å². The maximum atomic E-state index is 13.3. The molecule has 2 saturated heterocycles. The molecule has 2 heterocycles. The summed E-state index contributed by atoms with van der Waals surface area (Å²) >= 11 is 0. The van der Waals surface area contributed by atoms with Crippen LogP contribution in [0.5, 0.6) is 0 Å². The summed E-state index contributed by atoms with van der Waals surface area (Å²) in [6.45, 7) is 2.83. The molecule has 0 bridgehead atoms. The molecule has 0 radical (unpaired) electrons. The van der Waals surface area contributed by atoms with Crippen molar-refractivity contribution >= 4 is 11.8 Å². The fourth-order valence-electron chi connectivity index (χ4n) is 5.72. The van der Waals surface area contributed by atoms with Crippen molar-refractivity contribution < 1.29 is 14.3 Å². The van der Waals surface area contributed by atoms with Gasteiger partial charge in [-0.1, -0.05) is 19.3 Å². The first-order valence-corrected chi connectivity index (χ1v) is 10.2. The number of nitrogens with zero attached hydrogens (tertiary/aromatic N) is 2. The van der Waals surface area contributed by atoms with Crippen molar-refractivity contribution in [2.24, 2.45) is 10.8 Å². The molecule has 4 aliphatic rings. The van der Waals surface area contributed by atoms with Crippen molar-refractivity contribution in [2.75, 3.05) is 33.4 Å². The van der Waals surface area contributed by atoms with E-state index in [4.69, 9.17) is 4.74 Å². The summed E-state index contributed by atoms with van der Waals surface area (Å²) in [5.74, 6) is 0.582. The normalized spacial score (nSPS) is 32.4. The van der Waals surface area contributed by atoms with Gasteiger partial charge in [0.15, 0.2) is 0 Å². The van der Waals surface area contributed by atoms with Crippen LogP contribution in [-0.2, 0) is 14.3 Å². The quantitative estimate of drug-likeness (QED) is 0.785. The molecule has 140 valence electrons. The maximum Gasteiger partial charge on any atom is 0.231 e. The standard InChI is InChI=1S/C20H32N2O3/c1-25-15-20(8-4-9-20)17(23)21-13-11-19(14-21)10-5-12-22(18(19)24)16-6-2-3-7-16/h16H,2-15H2,1H3. The molecule has 5 heteroatoms. The van der Waals surface area contributed by atoms with Gasteiger partial charge in [0.05, 0.1) is 17.4 Å². The van der Waals surface area contributed by atoms with Crippen molar-refractivity contribution in [3.8, 4) is 0 Å². The van der Waals surface area contributed by atoms with Crippen LogP contribution in [0.2, 0.25) is 0 Å². The third-order valence-corrected chi connectivity index (χ3v) is 7.36. The lowest BCUT2D eigenvalue weighted by atomic mass is 9.68. The minimum atomic E-state index is -0.302. The van der Waals surface area contributed by atoms with E-state index >= 15 is 0 Å². The summed E-state index contributed by atoms with van der Waals surface area (Å²) in [4.78, 5) is 30.6. The number of hydrogen-bond acceptors (Lipinski definition) is 3. The van der Waals surface area contributed by atoms with Gasteiger partial charge in [0.1, 0.15) is 0 Å². The van der Waals surface area contributed by atoms with Gasteiger partial charge in [-0.3, -0.25) is 9.59 Å². The lowest BCUT2D eigenvalue weighted by Gasteiger charge is -2.44. The molecular weight excluding hydrogens is 316 g/mol. The van der Waals surface area contributed by atoms with Crippen molar-refractivity contribution in [1.29, 1.82) is 0 Å². The predicted molar refractivity (Wildman–Crippen MR) is 95.0 cm³/mol. The highest BCUT2D eigenvalue weighted by Crippen LogP contribution is 2.47. The number of ether oxygens (including phenoxy) is 1. The molecule has 25 heavy (non-hydrogen) atoms. The number of carbonyl (C=O) groups is 2. The monoisotopic (exact) mass is 348 g/mol. The zero-order valence-corrected chi connectivity index (χ0v) is 15.6. The Morgan fingerprint density at radius 2 is 1.84 bits per heavy atom. The molecule has 0 aromatic rings. The second kappa shape index (κ2) is 6.57. The number of carbonyl (C=O) groups excluding carboxylic acids is 2. The number of rotatable bonds is 4. The molecule has 2 aliphatic carbocycles. The van der Waals surface area contributed by atoms with Crippen LogP contribution in [0.15, 0.2) is 0 Å². The molecule has 1 atom stereocenters. The van der Waals surface area contributed by atoms with Gasteiger partial charge in [-0.15, -0.1) is 0 Å². The third-order valence-electron chi connectivity index (χ3n) is 7.36. The molecule has 2 amide bonds. The van der Waals surface area contributed by atoms with Crippen molar-refractivity contribution in [1.82, 2.24) is 9.80 Å². The van der Waals surface area contributed by atoms with Crippen LogP contribution in [0.25, 0.3) is 0 Å². The van der Waals surface area contributed by atoms with Gasteiger partial charge in [-0.2, -0.15) is 0 Å². The Bertz CT molecular complexity index is 539. The Morgan fingerprint density at radius 1 is 1.08 bits per heavy atom. The van der Waals surface area contributed by atoms with E-state index in [0.717, 1.165) is 51.6 Å². The Balaban J connectivity index is 1.46. The van der Waals surface area contributed by atoms with Gasteiger partial charge >= 0.3 is 0 Å².